The average molecular weight is 281 g/mol. The molecule has 1 aliphatic heterocycles. The van der Waals surface area contributed by atoms with Crippen LogP contribution in [0.3, 0.4) is 0 Å². The summed E-state index contributed by atoms with van der Waals surface area (Å²) >= 11 is 0. The Morgan fingerprint density at radius 3 is 2.60 bits per heavy atom. The van der Waals surface area contributed by atoms with E-state index in [9.17, 15) is 13.2 Å². The number of rotatable bonds is 2. The third kappa shape index (κ3) is 2.42. The highest BCUT2D eigenvalue weighted by atomic mass is 19.3. The molecule has 0 atom stereocenters. The molecule has 6 heteroatoms. The van der Waals surface area contributed by atoms with Crippen molar-refractivity contribution >= 4 is 16.7 Å². The van der Waals surface area contributed by atoms with Crippen LogP contribution in [0, 0.1) is 11.7 Å². The maximum absolute atomic E-state index is 13.4. The smallest absolute Gasteiger partial charge is 0.241 e. The van der Waals surface area contributed by atoms with E-state index in [1.54, 1.807) is 6.07 Å². The summed E-state index contributed by atoms with van der Waals surface area (Å²) in [6.07, 6.45) is 0.0166. The van der Waals surface area contributed by atoms with Crippen LogP contribution >= 0.6 is 0 Å². The van der Waals surface area contributed by atoms with Gasteiger partial charge in [0.15, 0.2) is 0 Å². The zero-order chi connectivity index (χ0) is 14.1. The van der Waals surface area contributed by atoms with Crippen molar-refractivity contribution < 1.29 is 13.2 Å². The first-order chi connectivity index (χ1) is 9.65. The maximum Gasteiger partial charge on any atom is 0.241 e. The molecule has 0 N–H and O–H groups in total. The van der Waals surface area contributed by atoms with E-state index in [0.29, 0.717) is 42.7 Å². The van der Waals surface area contributed by atoms with Crippen molar-refractivity contribution in [3.63, 3.8) is 0 Å². The Morgan fingerprint density at radius 1 is 1.15 bits per heavy atom. The average Bonchev–Trinajstić information content (AvgIpc) is 2.46. The fourth-order valence-corrected chi connectivity index (χ4v) is 2.63. The van der Waals surface area contributed by atoms with E-state index in [2.05, 4.69) is 9.97 Å². The highest BCUT2D eigenvalue weighted by molar-refractivity contribution is 5.89. The lowest BCUT2D eigenvalue weighted by Crippen LogP contribution is -2.36. The molecule has 0 aliphatic carbocycles. The van der Waals surface area contributed by atoms with Gasteiger partial charge in [0.05, 0.1) is 5.52 Å². The number of hydrogen-bond donors (Lipinski definition) is 0. The number of halogens is 3. The van der Waals surface area contributed by atoms with Gasteiger partial charge in [0.1, 0.15) is 18.0 Å². The molecule has 3 rings (SSSR count). The summed E-state index contributed by atoms with van der Waals surface area (Å²) in [6.45, 7) is 1.02. The summed E-state index contributed by atoms with van der Waals surface area (Å²) in [7, 11) is 0. The molecule has 1 fully saturated rings. The largest absolute Gasteiger partial charge is 0.356 e. The number of alkyl halides is 2. The van der Waals surface area contributed by atoms with Crippen molar-refractivity contribution in [1.82, 2.24) is 9.97 Å². The number of piperidine rings is 1. The van der Waals surface area contributed by atoms with Crippen molar-refractivity contribution in [2.45, 2.75) is 19.3 Å². The van der Waals surface area contributed by atoms with Crippen molar-refractivity contribution in [3.05, 3.63) is 30.3 Å². The van der Waals surface area contributed by atoms with Gasteiger partial charge in [0.25, 0.3) is 0 Å². The van der Waals surface area contributed by atoms with E-state index < -0.39 is 12.3 Å². The van der Waals surface area contributed by atoms with Crippen LogP contribution in [0.25, 0.3) is 10.9 Å². The molecule has 0 bridgehead atoms. The van der Waals surface area contributed by atoms with E-state index >= 15 is 0 Å². The second kappa shape index (κ2) is 5.26. The Morgan fingerprint density at radius 2 is 1.90 bits per heavy atom. The highest BCUT2D eigenvalue weighted by Crippen LogP contribution is 2.29. The van der Waals surface area contributed by atoms with E-state index in [-0.39, 0.29) is 5.82 Å². The van der Waals surface area contributed by atoms with Crippen molar-refractivity contribution in [1.29, 1.82) is 0 Å². The van der Waals surface area contributed by atoms with Crippen molar-refractivity contribution in [3.8, 4) is 0 Å². The Balaban J connectivity index is 1.90. The maximum atomic E-state index is 13.4. The van der Waals surface area contributed by atoms with E-state index in [1.165, 1.54) is 18.5 Å². The fraction of sp³-hybridized carbons (Fsp3) is 0.429. The predicted octanol–water partition coefficient (Wildman–Crippen LogP) is 3.25. The zero-order valence-electron chi connectivity index (χ0n) is 10.8. The second-order valence-corrected chi connectivity index (χ2v) is 5.02. The number of aromatic nitrogens is 2. The Labute approximate surface area is 114 Å². The number of nitrogens with zero attached hydrogens (tertiary/aromatic N) is 3. The van der Waals surface area contributed by atoms with E-state index in [4.69, 9.17) is 0 Å². The monoisotopic (exact) mass is 281 g/mol. The van der Waals surface area contributed by atoms with Gasteiger partial charge in [-0.05, 0) is 31.0 Å². The van der Waals surface area contributed by atoms with Gasteiger partial charge >= 0.3 is 0 Å². The first kappa shape index (κ1) is 13.1. The van der Waals surface area contributed by atoms with Gasteiger partial charge in [-0.15, -0.1) is 0 Å². The molecule has 0 amide bonds. The molecule has 0 radical (unpaired) electrons. The Bertz CT molecular complexity index is 610. The lowest BCUT2D eigenvalue weighted by Gasteiger charge is -2.32. The first-order valence-electron chi connectivity index (χ1n) is 6.58. The minimum absolute atomic E-state index is 0.351. The zero-order valence-corrected chi connectivity index (χ0v) is 10.8. The van der Waals surface area contributed by atoms with Crippen LogP contribution in [-0.4, -0.2) is 29.5 Å². The molecule has 3 nitrogen and oxygen atoms in total. The van der Waals surface area contributed by atoms with Gasteiger partial charge in [-0.3, -0.25) is 0 Å². The molecular formula is C14H14F3N3. The number of anilines is 1. The van der Waals surface area contributed by atoms with Crippen LogP contribution in [0.5, 0.6) is 0 Å². The molecule has 2 heterocycles. The van der Waals surface area contributed by atoms with Crippen LogP contribution in [0.4, 0.5) is 19.0 Å². The molecule has 0 saturated carbocycles. The number of hydrogen-bond acceptors (Lipinski definition) is 3. The molecule has 106 valence electrons. The van der Waals surface area contributed by atoms with Crippen LogP contribution in [0.2, 0.25) is 0 Å². The molecule has 1 aromatic carbocycles. The molecule has 0 unspecified atom stereocenters. The quantitative estimate of drug-likeness (QED) is 0.846. The van der Waals surface area contributed by atoms with Gasteiger partial charge in [-0.1, -0.05) is 0 Å². The fourth-order valence-electron chi connectivity index (χ4n) is 2.63. The highest BCUT2D eigenvalue weighted by Gasteiger charge is 2.27. The summed E-state index contributed by atoms with van der Waals surface area (Å²) in [5.41, 5.74) is 0.660. The third-order valence-corrected chi connectivity index (χ3v) is 3.77. The van der Waals surface area contributed by atoms with Gasteiger partial charge in [0, 0.05) is 24.4 Å². The standard InChI is InChI=1S/C14H14F3N3/c15-10-1-2-12-11(7-10)14(19-8-18-12)20-5-3-9(4-6-20)13(16)17/h1-2,7-9,13H,3-6H2. The minimum Gasteiger partial charge on any atom is -0.356 e. The Hall–Kier alpha value is -1.85. The SMILES string of the molecule is Fc1ccc2ncnc(N3CCC(C(F)F)CC3)c2c1. The molecular weight excluding hydrogens is 267 g/mol. The first-order valence-corrected chi connectivity index (χ1v) is 6.58. The summed E-state index contributed by atoms with van der Waals surface area (Å²) in [6, 6.07) is 4.34. The van der Waals surface area contributed by atoms with Crippen molar-refractivity contribution in [2.75, 3.05) is 18.0 Å². The van der Waals surface area contributed by atoms with Crippen LogP contribution in [0.15, 0.2) is 24.5 Å². The number of fused-ring (bicyclic) bond motifs is 1. The third-order valence-electron chi connectivity index (χ3n) is 3.77. The van der Waals surface area contributed by atoms with Crippen LogP contribution in [0.1, 0.15) is 12.8 Å². The summed E-state index contributed by atoms with van der Waals surface area (Å²) in [4.78, 5) is 10.2. The second-order valence-electron chi connectivity index (χ2n) is 5.02. The molecule has 20 heavy (non-hydrogen) atoms. The minimum atomic E-state index is -2.27. The van der Waals surface area contributed by atoms with E-state index in [1.807, 2.05) is 4.90 Å². The molecule has 2 aromatic rings. The van der Waals surface area contributed by atoms with Gasteiger partial charge in [-0.2, -0.15) is 0 Å². The van der Waals surface area contributed by atoms with Crippen LogP contribution < -0.4 is 4.90 Å². The van der Waals surface area contributed by atoms with Gasteiger partial charge in [0.2, 0.25) is 6.43 Å². The van der Waals surface area contributed by atoms with E-state index in [0.717, 1.165) is 0 Å². The van der Waals surface area contributed by atoms with Crippen molar-refractivity contribution in [2.24, 2.45) is 5.92 Å². The summed E-state index contributed by atoms with van der Waals surface area (Å²) in [5.74, 6) is -0.269. The van der Waals surface area contributed by atoms with Gasteiger partial charge < -0.3 is 4.90 Å². The summed E-state index contributed by atoms with van der Waals surface area (Å²) < 4.78 is 38.7. The lowest BCUT2D eigenvalue weighted by molar-refractivity contribution is 0.0635. The normalized spacial score (nSPS) is 17.1. The molecule has 0 spiro atoms. The topological polar surface area (TPSA) is 29.0 Å². The molecule has 1 aliphatic rings. The molecule has 1 saturated heterocycles. The van der Waals surface area contributed by atoms with Gasteiger partial charge in [-0.25, -0.2) is 23.1 Å². The summed E-state index contributed by atoms with van der Waals surface area (Å²) in [5, 5.41) is 0.628. The Kier molecular flexibility index (Phi) is 3.46. The lowest BCUT2D eigenvalue weighted by atomic mass is 9.97. The number of benzene rings is 1. The predicted molar refractivity (Wildman–Crippen MR) is 70.4 cm³/mol. The molecule has 1 aromatic heterocycles. The van der Waals surface area contributed by atoms with Crippen LogP contribution in [-0.2, 0) is 0 Å².